The normalized spacial score (nSPS) is 10.1. The first-order valence-electron chi connectivity index (χ1n) is 3.91. The Morgan fingerprint density at radius 1 is 1.57 bits per heavy atom. The summed E-state index contributed by atoms with van der Waals surface area (Å²) >= 11 is 0. The van der Waals surface area contributed by atoms with Crippen molar-refractivity contribution >= 4 is 5.69 Å². The van der Waals surface area contributed by atoms with Gasteiger partial charge in [-0.1, -0.05) is 0 Å². The van der Waals surface area contributed by atoms with Gasteiger partial charge in [0.2, 0.25) is 0 Å². The van der Waals surface area contributed by atoms with Crippen LogP contribution in [-0.2, 0) is 11.5 Å². The van der Waals surface area contributed by atoms with Crippen LogP contribution < -0.4 is 5.56 Å². The second-order valence-corrected chi connectivity index (χ2v) is 2.77. The number of aryl methyl sites for hydroxylation is 1. The summed E-state index contributed by atoms with van der Waals surface area (Å²) in [6, 6.07) is 2.71. The summed E-state index contributed by atoms with van der Waals surface area (Å²) in [5.41, 5.74) is -0.452. The fourth-order valence-corrected chi connectivity index (χ4v) is 1.09. The number of hydrogen-bond acceptors (Lipinski definition) is 4. The third-order valence-electron chi connectivity index (χ3n) is 1.83. The van der Waals surface area contributed by atoms with Crippen LogP contribution in [0.5, 0.6) is 0 Å². The minimum absolute atomic E-state index is 0.0202. The molecule has 0 aromatic carbocycles. The monoisotopic (exact) mass is 198 g/mol. The molecule has 0 atom stereocenters. The lowest BCUT2D eigenvalue weighted by molar-refractivity contribution is -0.386. The Morgan fingerprint density at radius 2 is 2.21 bits per heavy atom. The zero-order valence-corrected chi connectivity index (χ0v) is 7.89. The van der Waals surface area contributed by atoms with E-state index < -0.39 is 16.2 Å². The van der Waals surface area contributed by atoms with Gasteiger partial charge in [-0.2, -0.15) is 0 Å². The van der Waals surface area contributed by atoms with Gasteiger partial charge >= 0.3 is 11.2 Å². The van der Waals surface area contributed by atoms with Crippen molar-refractivity contribution in [2.75, 3.05) is 7.11 Å². The molecule has 0 saturated carbocycles. The number of nitrogens with zero attached hydrogens (tertiary/aromatic N) is 2. The molecule has 0 saturated heterocycles. The molecule has 6 nitrogen and oxygen atoms in total. The van der Waals surface area contributed by atoms with Gasteiger partial charge in [0, 0.05) is 18.9 Å². The van der Waals surface area contributed by atoms with Crippen LogP contribution in [0, 0.1) is 17.0 Å². The second kappa shape index (κ2) is 4.01. The van der Waals surface area contributed by atoms with Crippen molar-refractivity contribution in [3.63, 3.8) is 0 Å². The van der Waals surface area contributed by atoms with Gasteiger partial charge in [-0.3, -0.25) is 19.5 Å². The fraction of sp³-hybridized carbons (Fsp3) is 0.375. The van der Waals surface area contributed by atoms with E-state index in [1.807, 2.05) is 0 Å². The highest BCUT2D eigenvalue weighted by molar-refractivity contribution is 5.27. The van der Waals surface area contributed by atoms with Gasteiger partial charge in [0.05, 0.1) is 4.92 Å². The van der Waals surface area contributed by atoms with Crippen molar-refractivity contribution in [1.29, 1.82) is 0 Å². The lowest BCUT2D eigenvalue weighted by Gasteiger charge is -2.06. The van der Waals surface area contributed by atoms with E-state index in [1.54, 1.807) is 6.92 Å². The fourth-order valence-electron chi connectivity index (χ4n) is 1.09. The van der Waals surface area contributed by atoms with Crippen LogP contribution in [0.25, 0.3) is 0 Å². The van der Waals surface area contributed by atoms with Gasteiger partial charge < -0.3 is 4.74 Å². The summed E-state index contributed by atoms with van der Waals surface area (Å²) in [5, 5.41) is 10.4. The Morgan fingerprint density at radius 3 is 2.71 bits per heavy atom. The Bertz CT molecular complexity index is 410. The first-order valence-corrected chi connectivity index (χ1v) is 3.91. The zero-order chi connectivity index (χ0) is 10.7. The third kappa shape index (κ3) is 1.80. The number of nitro groups is 1. The molecule has 1 aromatic rings. The summed E-state index contributed by atoms with van der Waals surface area (Å²) < 4.78 is 5.97. The first kappa shape index (κ1) is 10.4. The molecule has 0 unspecified atom stereocenters. The number of methoxy groups -OCH3 is 1. The summed E-state index contributed by atoms with van der Waals surface area (Å²) in [4.78, 5) is 21.2. The molecule has 0 aliphatic carbocycles. The van der Waals surface area contributed by atoms with Crippen LogP contribution in [0.1, 0.15) is 5.69 Å². The quantitative estimate of drug-likeness (QED) is 0.528. The smallest absolute Gasteiger partial charge is 0.334 e. The van der Waals surface area contributed by atoms with Gasteiger partial charge in [-0.05, 0) is 13.0 Å². The van der Waals surface area contributed by atoms with Crippen LogP contribution in [-0.4, -0.2) is 16.6 Å². The molecule has 0 fully saturated rings. The molecular formula is C8H10N2O4. The Balaban J connectivity index is 3.34. The maximum absolute atomic E-state index is 11.5. The molecular weight excluding hydrogens is 188 g/mol. The largest absolute Gasteiger partial charge is 0.364 e. The second-order valence-electron chi connectivity index (χ2n) is 2.77. The van der Waals surface area contributed by atoms with E-state index in [9.17, 15) is 14.9 Å². The molecule has 0 aliphatic heterocycles. The van der Waals surface area contributed by atoms with Crippen molar-refractivity contribution in [1.82, 2.24) is 4.57 Å². The summed E-state index contributed by atoms with van der Waals surface area (Å²) in [6.07, 6.45) is 0. The van der Waals surface area contributed by atoms with E-state index in [-0.39, 0.29) is 6.73 Å². The standard InChI is InChI=1S/C8H10N2O4/c1-6-3-4-7(10(12)13)8(11)9(6)5-14-2/h3-4H,5H2,1-2H3. The summed E-state index contributed by atoms with van der Waals surface area (Å²) in [7, 11) is 1.42. The SMILES string of the molecule is COCn1c(C)ccc([N+](=O)[O-])c1=O. The molecule has 76 valence electrons. The van der Waals surface area contributed by atoms with Gasteiger partial charge in [0.15, 0.2) is 0 Å². The Labute approximate surface area is 79.9 Å². The Hall–Kier alpha value is -1.69. The highest BCUT2D eigenvalue weighted by Gasteiger charge is 2.14. The maximum Gasteiger partial charge on any atom is 0.334 e. The highest BCUT2D eigenvalue weighted by Crippen LogP contribution is 2.05. The first-order chi connectivity index (χ1) is 6.57. The van der Waals surface area contributed by atoms with Crippen molar-refractivity contribution in [3.05, 3.63) is 38.3 Å². The van der Waals surface area contributed by atoms with E-state index in [0.717, 1.165) is 0 Å². The van der Waals surface area contributed by atoms with Crippen LogP contribution in [0.2, 0.25) is 0 Å². The van der Waals surface area contributed by atoms with Crippen molar-refractivity contribution in [3.8, 4) is 0 Å². The van der Waals surface area contributed by atoms with E-state index in [4.69, 9.17) is 4.74 Å². The van der Waals surface area contributed by atoms with Gasteiger partial charge in [-0.25, -0.2) is 0 Å². The van der Waals surface area contributed by atoms with Crippen molar-refractivity contribution < 1.29 is 9.66 Å². The molecule has 1 heterocycles. The van der Waals surface area contributed by atoms with Crippen LogP contribution in [0.3, 0.4) is 0 Å². The summed E-state index contributed by atoms with van der Waals surface area (Å²) in [5.74, 6) is 0. The lowest BCUT2D eigenvalue weighted by Crippen LogP contribution is -2.24. The number of pyridine rings is 1. The molecule has 0 radical (unpaired) electrons. The maximum atomic E-state index is 11.5. The van der Waals surface area contributed by atoms with E-state index >= 15 is 0 Å². The number of ether oxygens (including phenoxy) is 1. The molecule has 1 rings (SSSR count). The van der Waals surface area contributed by atoms with Crippen molar-refractivity contribution in [2.45, 2.75) is 13.7 Å². The molecule has 0 amide bonds. The average molecular weight is 198 g/mol. The minimum atomic E-state index is -0.700. The number of hydrogen-bond donors (Lipinski definition) is 0. The average Bonchev–Trinajstić information content (AvgIpc) is 2.11. The number of rotatable bonds is 3. The van der Waals surface area contributed by atoms with Gasteiger partial charge in [0.1, 0.15) is 6.73 Å². The molecule has 0 spiro atoms. The van der Waals surface area contributed by atoms with Crippen molar-refractivity contribution in [2.24, 2.45) is 0 Å². The molecule has 14 heavy (non-hydrogen) atoms. The molecule has 6 heteroatoms. The highest BCUT2D eigenvalue weighted by atomic mass is 16.6. The number of aromatic nitrogens is 1. The third-order valence-corrected chi connectivity index (χ3v) is 1.83. The van der Waals surface area contributed by atoms with Crippen LogP contribution >= 0.6 is 0 Å². The molecule has 0 aliphatic rings. The predicted molar refractivity (Wildman–Crippen MR) is 49.1 cm³/mol. The van der Waals surface area contributed by atoms with E-state index in [0.29, 0.717) is 5.69 Å². The molecule has 1 aromatic heterocycles. The Kier molecular flexibility index (Phi) is 2.98. The lowest BCUT2D eigenvalue weighted by atomic mass is 10.3. The van der Waals surface area contributed by atoms with E-state index in [1.165, 1.54) is 23.8 Å². The minimum Gasteiger partial charge on any atom is -0.364 e. The summed E-state index contributed by atoms with van der Waals surface area (Å²) in [6.45, 7) is 1.70. The molecule has 0 bridgehead atoms. The van der Waals surface area contributed by atoms with Gasteiger partial charge in [0.25, 0.3) is 0 Å². The predicted octanol–water partition coefficient (Wildman–Crippen LogP) is 0.669. The molecule has 0 N–H and O–H groups in total. The van der Waals surface area contributed by atoms with Crippen LogP contribution in [0.15, 0.2) is 16.9 Å². The van der Waals surface area contributed by atoms with Gasteiger partial charge in [-0.15, -0.1) is 0 Å². The van der Waals surface area contributed by atoms with E-state index in [2.05, 4.69) is 0 Å². The zero-order valence-electron chi connectivity index (χ0n) is 7.89. The van der Waals surface area contributed by atoms with Crippen LogP contribution in [0.4, 0.5) is 5.69 Å². The topological polar surface area (TPSA) is 74.4 Å².